The van der Waals surface area contributed by atoms with Crippen LogP contribution in [0.2, 0.25) is 0 Å². The van der Waals surface area contributed by atoms with Crippen LogP contribution < -0.4 is 0 Å². The van der Waals surface area contributed by atoms with Gasteiger partial charge in [-0.15, -0.1) is 0 Å². The maximum Gasteiger partial charge on any atom is 0.0535 e. The number of hydrogen-bond donors (Lipinski definition) is 0. The first kappa shape index (κ1) is 11.5. The second-order valence-electron chi connectivity index (χ2n) is 4.11. The summed E-state index contributed by atoms with van der Waals surface area (Å²) >= 11 is 3.58. The maximum absolute atomic E-state index is 5.69. The van der Waals surface area contributed by atoms with Crippen LogP contribution in [0.15, 0.2) is 0 Å². The van der Waals surface area contributed by atoms with E-state index < -0.39 is 0 Å². The molecule has 0 atom stereocenters. The van der Waals surface area contributed by atoms with Gasteiger partial charge < -0.3 is 9.47 Å². The molecular weight excluding hydrogens is 232 g/mol. The Labute approximate surface area is 89.1 Å². The largest absolute Gasteiger partial charge is 0.381 e. The first-order chi connectivity index (χ1) is 6.18. The van der Waals surface area contributed by atoms with E-state index in [9.17, 15) is 0 Å². The molecule has 78 valence electrons. The number of halogens is 1. The van der Waals surface area contributed by atoms with E-state index in [2.05, 4.69) is 29.8 Å². The lowest BCUT2D eigenvalue weighted by Gasteiger charge is -2.35. The van der Waals surface area contributed by atoms with E-state index in [0.29, 0.717) is 11.5 Å². The van der Waals surface area contributed by atoms with Gasteiger partial charge in [0.05, 0.1) is 12.7 Å². The zero-order valence-corrected chi connectivity index (χ0v) is 10.1. The van der Waals surface area contributed by atoms with Gasteiger partial charge in [0.15, 0.2) is 0 Å². The summed E-state index contributed by atoms with van der Waals surface area (Å²) in [6.07, 6.45) is 2.56. The summed E-state index contributed by atoms with van der Waals surface area (Å²) in [6.45, 7) is 6.79. The summed E-state index contributed by atoms with van der Waals surface area (Å²) < 4.78 is 11.0. The van der Waals surface area contributed by atoms with Gasteiger partial charge >= 0.3 is 0 Å². The van der Waals surface area contributed by atoms with Gasteiger partial charge in [0, 0.05) is 24.0 Å². The van der Waals surface area contributed by atoms with Crippen molar-refractivity contribution in [2.75, 3.05) is 25.2 Å². The lowest BCUT2D eigenvalue weighted by molar-refractivity contribution is -0.0431. The number of ether oxygens (including phenoxy) is 2. The summed E-state index contributed by atoms with van der Waals surface area (Å²) in [5.74, 6) is 0. The van der Waals surface area contributed by atoms with Crippen LogP contribution in [-0.2, 0) is 9.47 Å². The Bertz CT molecular complexity index is 142. The first-order valence-electron chi connectivity index (χ1n) is 4.94. The van der Waals surface area contributed by atoms with Gasteiger partial charge in [-0.2, -0.15) is 0 Å². The van der Waals surface area contributed by atoms with Crippen LogP contribution in [0.5, 0.6) is 0 Å². The average molecular weight is 251 g/mol. The van der Waals surface area contributed by atoms with Gasteiger partial charge in [0.1, 0.15) is 0 Å². The smallest absolute Gasteiger partial charge is 0.0535 e. The minimum Gasteiger partial charge on any atom is -0.381 e. The Hall–Kier alpha value is 0.400. The molecule has 2 nitrogen and oxygen atoms in total. The second-order valence-corrected chi connectivity index (χ2v) is 4.67. The SMILES string of the molecule is CC(C)OCC1(CBr)CCOCC1. The molecule has 0 aromatic heterocycles. The van der Waals surface area contributed by atoms with Crippen molar-refractivity contribution in [2.24, 2.45) is 5.41 Å². The van der Waals surface area contributed by atoms with Crippen LogP contribution in [-0.4, -0.2) is 31.3 Å². The molecule has 0 spiro atoms. The Morgan fingerprint density at radius 1 is 1.38 bits per heavy atom. The second kappa shape index (κ2) is 5.32. The van der Waals surface area contributed by atoms with Gasteiger partial charge in [-0.3, -0.25) is 0 Å². The summed E-state index contributed by atoms with van der Waals surface area (Å²) in [4.78, 5) is 0. The lowest BCUT2D eigenvalue weighted by atomic mass is 9.83. The summed E-state index contributed by atoms with van der Waals surface area (Å²) in [5.41, 5.74) is 0.322. The minimum atomic E-state index is 0.322. The monoisotopic (exact) mass is 250 g/mol. The van der Waals surface area contributed by atoms with Crippen molar-refractivity contribution in [2.45, 2.75) is 32.8 Å². The third-order valence-corrected chi connectivity index (χ3v) is 3.75. The standard InChI is InChI=1S/C10H19BrO2/c1-9(2)13-8-10(7-11)3-5-12-6-4-10/h9H,3-8H2,1-2H3. The third kappa shape index (κ3) is 3.56. The maximum atomic E-state index is 5.69. The lowest BCUT2D eigenvalue weighted by Crippen LogP contribution is -2.36. The van der Waals surface area contributed by atoms with E-state index >= 15 is 0 Å². The molecule has 0 unspecified atom stereocenters. The van der Waals surface area contributed by atoms with Gasteiger partial charge in [-0.25, -0.2) is 0 Å². The highest BCUT2D eigenvalue weighted by Crippen LogP contribution is 2.33. The fraction of sp³-hybridized carbons (Fsp3) is 1.00. The fourth-order valence-electron chi connectivity index (χ4n) is 1.46. The molecule has 1 fully saturated rings. The van der Waals surface area contributed by atoms with Gasteiger partial charge in [-0.05, 0) is 26.7 Å². The molecule has 0 aliphatic carbocycles. The van der Waals surface area contributed by atoms with Gasteiger partial charge in [0.2, 0.25) is 0 Å². The molecule has 1 rings (SSSR count). The average Bonchev–Trinajstić information content (AvgIpc) is 2.16. The molecule has 0 aromatic rings. The van der Waals surface area contributed by atoms with Crippen LogP contribution in [0.4, 0.5) is 0 Å². The number of hydrogen-bond acceptors (Lipinski definition) is 2. The van der Waals surface area contributed by atoms with Gasteiger partial charge in [-0.1, -0.05) is 15.9 Å². The van der Waals surface area contributed by atoms with Crippen molar-refractivity contribution in [3.8, 4) is 0 Å². The van der Waals surface area contributed by atoms with E-state index in [0.717, 1.165) is 38.0 Å². The molecule has 1 saturated heterocycles. The van der Waals surface area contributed by atoms with Crippen LogP contribution in [0, 0.1) is 5.41 Å². The first-order valence-corrected chi connectivity index (χ1v) is 6.06. The molecule has 3 heteroatoms. The van der Waals surface area contributed by atoms with E-state index in [1.54, 1.807) is 0 Å². The summed E-state index contributed by atoms with van der Waals surface area (Å²) in [6, 6.07) is 0. The molecular formula is C10H19BrO2. The van der Waals surface area contributed by atoms with Crippen LogP contribution in [0.1, 0.15) is 26.7 Å². The molecule has 0 bridgehead atoms. The van der Waals surface area contributed by atoms with Crippen molar-refractivity contribution in [1.82, 2.24) is 0 Å². The molecule has 0 amide bonds. The zero-order valence-electron chi connectivity index (χ0n) is 8.51. The number of rotatable bonds is 4. The van der Waals surface area contributed by atoms with E-state index in [-0.39, 0.29) is 0 Å². The molecule has 0 radical (unpaired) electrons. The van der Waals surface area contributed by atoms with E-state index in [4.69, 9.17) is 9.47 Å². The molecule has 0 N–H and O–H groups in total. The Balaban J connectivity index is 2.38. The highest BCUT2D eigenvalue weighted by molar-refractivity contribution is 9.09. The molecule has 13 heavy (non-hydrogen) atoms. The zero-order chi connectivity index (χ0) is 9.73. The predicted molar refractivity (Wildman–Crippen MR) is 57.4 cm³/mol. The van der Waals surface area contributed by atoms with Gasteiger partial charge in [0.25, 0.3) is 0 Å². The van der Waals surface area contributed by atoms with E-state index in [1.165, 1.54) is 0 Å². The summed E-state index contributed by atoms with van der Waals surface area (Å²) in [7, 11) is 0. The highest BCUT2D eigenvalue weighted by Gasteiger charge is 2.31. The quantitative estimate of drug-likeness (QED) is 0.715. The third-order valence-electron chi connectivity index (χ3n) is 2.56. The molecule has 1 aliphatic heterocycles. The van der Waals surface area contributed by atoms with Crippen molar-refractivity contribution in [3.05, 3.63) is 0 Å². The highest BCUT2D eigenvalue weighted by atomic mass is 79.9. The topological polar surface area (TPSA) is 18.5 Å². The van der Waals surface area contributed by atoms with Crippen molar-refractivity contribution in [3.63, 3.8) is 0 Å². The minimum absolute atomic E-state index is 0.322. The fourth-order valence-corrected chi connectivity index (χ4v) is 2.19. The van der Waals surface area contributed by atoms with Crippen molar-refractivity contribution in [1.29, 1.82) is 0 Å². The normalized spacial score (nSPS) is 22.2. The predicted octanol–water partition coefficient (Wildman–Crippen LogP) is 2.60. The van der Waals surface area contributed by atoms with E-state index in [1.807, 2.05) is 0 Å². The molecule has 0 aromatic carbocycles. The molecule has 0 saturated carbocycles. The Kier molecular flexibility index (Phi) is 4.70. The van der Waals surface area contributed by atoms with Crippen LogP contribution in [0.3, 0.4) is 0 Å². The summed E-state index contributed by atoms with van der Waals surface area (Å²) in [5, 5.41) is 1.02. The Morgan fingerprint density at radius 2 is 2.00 bits per heavy atom. The Morgan fingerprint density at radius 3 is 2.46 bits per heavy atom. The van der Waals surface area contributed by atoms with Crippen molar-refractivity contribution >= 4 is 15.9 Å². The molecule has 1 aliphatic rings. The van der Waals surface area contributed by atoms with Crippen LogP contribution >= 0.6 is 15.9 Å². The van der Waals surface area contributed by atoms with Crippen molar-refractivity contribution < 1.29 is 9.47 Å². The van der Waals surface area contributed by atoms with Crippen LogP contribution in [0.25, 0.3) is 0 Å². The number of alkyl halides is 1. The molecule has 1 heterocycles.